The van der Waals surface area contributed by atoms with Crippen molar-refractivity contribution >= 4 is 16.2 Å². The van der Waals surface area contributed by atoms with Crippen LogP contribution in [0.25, 0.3) is 0 Å². The van der Waals surface area contributed by atoms with Crippen LogP contribution in [0.3, 0.4) is 0 Å². The highest BCUT2D eigenvalue weighted by atomic mass is 32.2. The van der Waals surface area contributed by atoms with Gasteiger partial charge in [0.05, 0.1) is 37.9 Å². The zero-order chi connectivity index (χ0) is 21.7. The van der Waals surface area contributed by atoms with Crippen molar-refractivity contribution in [2.75, 3.05) is 39.6 Å². The van der Waals surface area contributed by atoms with Crippen LogP contribution in [-0.4, -0.2) is 54.1 Å². The van der Waals surface area contributed by atoms with E-state index in [9.17, 15) is 13.2 Å². The Morgan fingerprint density at radius 3 is 2.20 bits per heavy atom. The first-order valence-electron chi connectivity index (χ1n) is 9.53. The lowest BCUT2D eigenvalue weighted by Crippen LogP contribution is -2.28. The number of benzene rings is 2. The molecule has 0 aromatic heterocycles. The molecule has 2 aromatic carbocycles. The fourth-order valence-electron chi connectivity index (χ4n) is 2.30. The van der Waals surface area contributed by atoms with E-state index in [2.05, 4.69) is 5.32 Å². The molecule has 0 aliphatic heterocycles. The maximum atomic E-state index is 12.0. The van der Waals surface area contributed by atoms with E-state index in [0.717, 1.165) is 11.1 Å². The van der Waals surface area contributed by atoms with Gasteiger partial charge in [-0.3, -0.25) is 4.18 Å². The first-order chi connectivity index (χ1) is 14.5. The number of nitrogens with one attached hydrogen (secondary N) is 1. The van der Waals surface area contributed by atoms with Crippen LogP contribution in [0.5, 0.6) is 0 Å². The third-order valence-corrected chi connectivity index (χ3v) is 5.20. The summed E-state index contributed by atoms with van der Waals surface area (Å²) in [7, 11) is -3.78. The molecule has 0 aliphatic carbocycles. The summed E-state index contributed by atoms with van der Waals surface area (Å²) >= 11 is 0. The monoisotopic (exact) mass is 437 g/mol. The van der Waals surface area contributed by atoms with E-state index in [1.54, 1.807) is 12.1 Å². The predicted molar refractivity (Wildman–Crippen MR) is 111 cm³/mol. The molecule has 0 bridgehead atoms. The van der Waals surface area contributed by atoms with Gasteiger partial charge in [-0.1, -0.05) is 48.0 Å². The molecule has 0 spiro atoms. The lowest BCUT2D eigenvalue weighted by atomic mass is 10.2. The zero-order valence-electron chi connectivity index (χ0n) is 16.9. The van der Waals surface area contributed by atoms with Gasteiger partial charge in [-0.15, -0.1) is 0 Å². The lowest BCUT2D eigenvalue weighted by molar-refractivity contribution is 0.0376. The highest BCUT2D eigenvalue weighted by molar-refractivity contribution is 7.86. The summed E-state index contributed by atoms with van der Waals surface area (Å²) in [5.74, 6) is 0. The minimum atomic E-state index is -3.78. The molecule has 0 saturated heterocycles. The Morgan fingerprint density at radius 2 is 1.50 bits per heavy atom. The average Bonchev–Trinajstić information content (AvgIpc) is 2.74. The summed E-state index contributed by atoms with van der Waals surface area (Å²) in [5.41, 5.74) is 1.88. The fourth-order valence-corrected chi connectivity index (χ4v) is 3.19. The molecule has 2 aromatic rings. The molecule has 0 radical (unpaired) electrons. The molecule has 1 N–H and O–H groups in total. The Bertz CT molecular complexity index is 855. The van der Waals surface area contributed by atoms with Crippen LogP contribution in [0.15, 0.2) is 59.5 Å². The molecule has 30 heavy (non-hydrogen) atoms. The molecular weight excluding hydrogens is 410 g/mol. The molecule has 0 aliphatic rings. The summed E-state index contributed by atoms with van der Waals surface area (Å²) in [6, 6.07) is 15.8. The second kappa shape index (κ2) is 13.0. The number of amides is 1. The molecule has 0 unspecified atom stereocenters. The Balaban J connectivity index is 1.43. The minimum absolute atomic E-state index is 0.0784. The number of carbonyl (C=O) groups excluding carboxylic acids is 1. The number of alkyl carbamates (subject to hydrolysis) is 1. The number of aryl methyl sites for hydroxylation is 1. The second-order valence-corrected chi connectivity index (χ2v) is 7.92. The van der Waals surface area contributed by atoms with Crippen molar-refractivity contribution in [1.82, 2.24) is 5.32 Å². The summed E-state index contributed by atoms with van der Waals surface area (Å²) in [4.78, 5) is 11.7. The summed E-state index contributed by atoms with van der Waals surface area (Å²) in [6.07, 6.45) is -0.509. The van der Waals surface area contributed by atoms with Crippen molar-refractivity contribution in [3.8, 4) is 0 Å². The smallest absolute Gasteiger partial charge is 0.407 e. The van der Waals surface area contributed by atoms with Crippen LogP contribution in [0.4, 0.5) is 4.79 Å². The van der Waals surface area contributed by atoms with Crippen LogP contribution < -0.4 is 5.32 Å². The van der Waals surface area contributed by atoms with Crippen molar-refractivity contribution < 1.29 is 31.6 Å². The highest BCUT2D eigenvalue weighted by Crippen LogP contribution is 2.12. The zero-order valence-corrected chi connectivity index (χ0v) is 17.7. The maximum Gasteiger partial charge on any atom is 0.407 e. The molecular formula is C21H27NO7S. The molecule has 1 amide bonds. The second-order valence-electron chi connectivity index (χ2n) is 6.30. The molecule has 8 nitrogen and oxygen atoms in total. The van der Waals surface area contributed by atoms with E-state index < -0.39 is 16.2 Å². The van der Waals surface area contributed by atoms with Gasteiger partial charge in [-0.2, -0.15) is 8.42 Å². The van der Waals surface area contributed by atoms with Crippen molar-refractivity contribution in [2.45, 2.75) is 18.4 Å². The standard InChI is InChI=1S/C21H27NO7S/c1-18-7-9-20(10-8-18)30(24,25)29-16-15-27-14-13-26-12-11-22-21(23)28-17-19-5-3-2-4-6-19/h2-10H,11-17H2,1H3,(H,22,23). The summed E-state index contributed by atoms with van der Waals surface area (Å²) in [5, 5.41) is 2.59. The van der Waals surface area contributed by atoms with Crippen LogP contribution in [0.1, 0.15) is 11.1 Å². The Hall–Kier alpha value is -2.46. The van der Waals surface area contributed by atoms with Gasteiger partial charge in [0.25, 0.3) is 10.1 Å². The van der Waals surface area contributed by atoms with Crippen LogP contribution in [0, 0.1) is 6.92 Å². The SMILES string of the molecule is Cc1ccc(S(=O)(=O)OCCOCCOCCNC(=O)OCc2ccccc2)cc1. The van der Waals surface area contributed by atoms with E-state index >= 15 is 0 Å². The van der Waals surface area contributed by atoms with E-state index in [1.807, 2.05) is 37.3 Å². The third-order valence-electron chi connectivity index (χ3n) is 3.88. The van der Waals surface area contributed by atoms with Crippen molar-refractivity contribution in [3.05, 3.63) is 65.7 Å². The maximum absolute atomic E-state index is 12.0. The van der Waals surface area contributed by atoms with E-state index in [1.165, 1.54) is 12.1 Å². The molecule has 9 heteroatoms. The van der Waals surface area contributed by atoms with E-state index in [-0.39, 0.29) is 31.3 Å². The van der Waals surface area contributed by atoms with Gasteiger partial charge in [-0.05, 0) is 24.6 Å². The van der Waals surface area contributed by atoms with Crippen LogP contribution in [-0.2, 0) is 35.1 Å². The molecule has 164 valence electrons. The average molecular weight is 438 g/mol. The van der Waals surface area contributed by atoms with Crippen LogP contribution >= 0.6 is 0 Å². The molecule has 0 fully saturated rings. The normalized spacial score (nSPS) is 11.2. The van der Waals surface area contributed by atoms with Gasteiger partial charge in [-0.25, -0.2) is 4.79 Å². The van der Waals surface area contributed by atoms with E-state index in [4.69, 9.17) is 18.4 Å². The lowest BCUT2D eigenvalue weighted by Gasteiger charge is -2.09. The fraction of sp³-hybridized carbons (Fsp3) is 0.381. The molecule has 2 rings (SSSR count). The Kier molecular flexibility index (Phi) is 10.3. The number of hydrogen-bond donors (Lipinski definition) is 1. The molecule has 0 heterocycles. The van der Waals surface area contributed by atoms with Gasteiger partial charge in [0.2, 0.25) is 0 Å². The Labute approximate surface area is 177 Å². The Morgan fingerprint density at radius 1 is 0.867 bits per heavy atom. The number of carbonyl (C=O) groups is 1. The first-order valence-corrected chi connectivity index (χ1v) is 10.9. The number of hydrogen-bond acceptors (Lipinski definition) is 7. The van der Waals surface area contributed by atoms with E-state index in [0.29, 0.717) is 19.8 Å². The number of ether oxygens (including phenoxy) is 3. The molecule has 0 saturated carbocycles. The number of rotatable bonds is 13. The van der Waals surface area contributed by atoms with Crippen molar-refractivity contribution in [3.63, 3.8) is 0 Å². The minimum Gasteiger partial charge on any atom is -0.445 e. The van der Waals surface area contributed by atoms with Gasteiger partial charge < -0.3 is 19.5 Å². The quantitative estimate of drug-likeness (QED) is 0.380. The van der Waals surface area contributed by atoms with Crippen LogP contribution in [0.2, 0.25) is 0 Å². The summed E-state index contributed by atoms with van der Waals surface area (Å²) in [6.45, 7) is 3.35. The van der Waals surface area contributed by atoms with Crippen molar-refractivity contribution in [2.24, 2.45) is 0 Å². The summed E-state index contributed by atoms with van der Waals surface area (Å²) < 4.78 is 44.6. The first kappa shape index (κ1) is 23.8. The van der Waals surface area contributed by atoms with Gasteiger partial charge in [0.15, 0.2) is 0 Å². The van der Waals surface area contributed by atoms with Gasteiger partial charge in [0.1, 0.15) is 6.61 Å². The topological polar surface area (TPSA) is 100 Å². The molecule has 0 atom stereocenters. The largest absolute Gasteiger partial charge is 0.445 e. The van der Waals surface area contributed by atoms with Crippen molar-refractivity contribution in [1.29, 1.82) is 0 Å². The van der Waals surface area contributed by atoms with Gasteiger partial charge in [0, 0.05) is 6.54 Å². The predicted octanol–water partition coefficient (Wildman–Crippen LogP) is 2.66. The van der Waals surface area contributed by atoms with Gasteiger partial charge >= 0.3 is 6.09 Å². The highest BCUT2D eigenvalue weighted by Gasteiger charge is 2.14. The third kappa shape index (κ3) is 9.36.